The van der Waals surface area contributed by atoms with Crippen LogP contribution in [0.1, 0.15) is 6.92 Å². The van der Waals surface area contributed by atoms with Crippen molar-refractivity contribution in [1.82, 2.24) is 4.90 Å². The summed E-state index contributed by atoms with van der Waals surface area (Å²) in [6.45, 7) is 8.19. The Kier molecular flexibility index (Phi) is 5.90. The molecule has 1 aromatic rings. The smallest absolute Gasteiger partial charge is 0.178 e. The van der Waals surface area contributed by atoms with Crippen LogP contribution in [0.3, 0.4) is 0 Å². The third-order valence-corrected chi connectivity index (χ3v) is 4.53. The van der Waals surface area contributed by atoms with E-state index in [0.29, 0.717) is 26.3 Å². The number of benzene rings is 1. The van der Waals surface area contributed by atoms with E-state index >= 15 is 0 Å². The summed E-state index contributed by atoms with van der Waals surface area (Å²) in [7, 11) is 1.61. The fraction of sp³-hybridized carbons (Fsp3) is 0.467. The third-order valence-electron chi connectivity index (χ3n) is 3.86. The van der Waals surface area contributed by atoms with Crippen molar-refractivity contribution in [1.29, 1.82) is 5.41 Å². The molecule has 1 aliphatic heterocycles. The lowest BCUT2D eigenvalue weighted by molar-refractivity contribution is -0.108. The summed E-state index contributed by atoms with van der Waals surface area (Å²) < 4.78 is 12.1. The topological polar surface area (TPSA) is 61.2 Å². The highest BCUT2D eigenvalue weighted by Gasteiger charge is 2.40. The van der Waals surface area contributed by atoms with Crippen LogP contribution in [0.4, 0.5) is 5.69 Å². The molecule has 0 bridgehead atoms. The van der Waals surface area contributed by atoms with Gasteiger partial charge in [0.05, 0.1) is 18.9 Å². The predicted octanol–water partition coefficient (Wildman–Crippen LogP) is 2.39. The lowest BCUT2D eigenvalue weighted by atomic mass is 10.1. The number of methoxy groups -OCH3 is 1. The molecule has 0 radical (unpaired) electrons. The molecule has 6 nitrogen and oxygen atoms in total. The van der Waals surface area contributed by atoms with Crippen molar-refractivity contribution in [2.75, 3.05) is 38.4 Å². The molecule has 1 aliphatic rings. The van der Waals surface area contributed by atoms with Gasteiger partial charge in [-0.05, 0) is 47.7 Å². The first-order chi connectivity index (χ1) is 10.5. The van der Waals surface area contributed by atoms with Gasteiger partial charge in [-0.2, -0.15) is 5.10 Å². The predicted molar refractivity (Wildman–Crippen MR) is 96.7 cm³/mol. The van der Waals surface area contributed by atoms with Crippen LogP contribution in [0.25, 0.3) is 0 Å². The Morgan fingerprint density at radius 3 is 2.73 bits per heavy atom. The molecule has 7 heteroatoms. The van der Waals surface area contributed by atoms with E-state index in [2.05, 4.69) is 39.3 Å². The van der Waals surface area contributed by atoms with E-state index in [1.807, 2.05) is 31.2 Å². The molecule has 0 saturated carbocycles. The zero-order valence-electron chi connectivity index (χ0n) is 12.9. The molecule has 0 spiro atoms. The van der Waals surface area contributed by atoms with Gasteiger partial charge in [0.25, 0.3) is 0 Å². The molecule has 1 fully saturated rings. The van der Waals surface area contributed by atoms with Crippen LogP contribution in [0.5, 0.6) is 0 Å². The molecule has 1 unspecified atom stereocenters. The van der Waals surface area contributed by atoms with Crippen LogP contribution < -0.4 is 5.01 Å². The van der Waals surface area contributed by atoms with Crippen LogP contribution in [-0.4, -0.2) is 56.6 Å². The molecular weight excluding hydrogens is 395 g/mol. The van der Waals surface area contributed by atoms with Crippen LogP contribution in [0.15, 0.2) is 29.4 Å². The summed E-state index contributed by atoms with van der Waals surface area (Å²) in [5.74, 6) is 0.230. The summed E-state index contributed by atoms with van der Waals surface area (Å²) in [6.07, 6.45) is 0. The van der Waals surface area contributed by atoms with E-state index in [1.165, 1.54) is 5.01 Å². The lowest BCUT2D eigenvalue weighted by Crippen LogP contribution is -2.60. The largest absolute Gasteiger partial charge is 0.379 e. The number of rotatable bonds is 5. The van der Waals surface area contributed by atoms with Crippen molar-refractivity contribution < 1.29 is 9.47 Å². The number of hydrazone groups is 1. The molecule has 2 rings (SSSR count). The zero-order chi connectivity index (χ0) is 16.2. The number of hydrogen-bond donors (Lipinski definition) is 1. The Labute approximate surface area is 144 Å². The minimum atomic E-state index is -0.883. The van der Waals surface area contributed by atoms with Gasteiger partial charge in [0.15, 0.2) is 11.6 Å². The molecule has 1 heterocycles. The fourth-order valence-electron chi connectivity index (χ4n) is 2.45. The molecule has 1 N–H and O–H groups in total. The van der Waals surface area contributed by atoms with E-state index in [1.54, 1.807) is 7.11 Å². The van der Waals surface area contributed by atoms with Gasteiger partial charge in [0.1, 0.15) is 0 Å². The highest BCUT2D eigenvalue weighted by molar-refractivity contribution is 14.1. The molecule has 0 aliphatic carbocycles. The minimum absolute atomic E-state index is 0.230. The van der Waals surface area contributed by atoms with Crippen molar-refractivity contribution in [3.8, 4) is 0 Å². The Balaban J connectivity index is 2.30. The zero-order valence-corrected chi connectivity index (χ0v) is 15.0. The highest BCUT2D eigenvalue weighted by Crippen LogP contribution is 2.26. The number of amidine groups is 1. The number of ether oxygens (including phenoxy) is 2. The normalized spacial score (nSPS) is 18.5. The second-order valence-electron chi connectivity index (χ2n) is 5.07. The van der Waals surface area contributed by atoms with Gasteiger partial charge in [0, 0.05) is 30.5 Å². The van der Waals surface area contributed by atoms with Crippen LogP contribution >= 0.6 is 22.6 Å². The quantitative estimate of drug-likeness (QED) is 0.347. The van der Waals surface area contributed by atoms with E-state index in [4.69, 9.17) is 14.9 Å². The van der Waals surface area contributed by atoms with Crippen molar-refractivity contribution in [2.24, 2.45) is 5.10 Å². The van der Waals surface area contributed by atoms with Crippen LogP contribution in [-0.2, 0) is 9.47 Å². The van der Waals surface area contributed by atoms with Crippen LogP contribution in [0.2, 0.25) is 0 Å². The average molecular weight is 416 g/mol. The van der Waals surface area contributed by atoms with Gasteiger partial charge < -0.3 is 9.47 Å². The second kappa shape index (κ2) is 7.49. The molecule has 1 saturated heterocycles. The van der Waals surface area contributed by atoms with Crippen molar-refractivity contribution in [3.05, 3.63) is 27.8 Å². The number of nitrogens with zero attached hydrogens (tertiary/aromatic N) is 3. The molecule has 22 heavy (non-hydrogen) atoms. The van der Waals surface area contributed by atoms with Crippen molar-refractivity contribution in [3.63, 3.8) is 0 Å². The Hall–Kier alpha value is -1.03. The maximum Gasteiger partial charge on any atom is 0.178 e. The van der Waals surface area contributed by atoms with Gasteiger partial charge in [-0.1, -0.05) is 6.07 Å². The van der Waals surface area contributed by atoms with E-state index in [0.717, 1.165) is 9.26 Å². The third kappa shape index (κ3) is 3.48. The summed E-state index contributed by atoms with van der Waals surface area (Å²) in [6, 6.07) is 7.79. The SMILES string of the molecule is C=NN(C(=N)C(C)(OC)N1CCOCC1)c1cccc(I)c1. The summed E-state index contributed by atoms with van der Waals surface area (Å²) in [4.78, 5) is 2.09. The Bertz CT molecular complexity index is 548. The minimum Gasteiger partial charge on any atom is -0.379 e. The number of nitrogens with one attached hydrogen (secondary N) is 1. The molecule has 1 aromatic carbocycles. The first kappa shape index (κ1) is 17.3. The summed E-state index contributed by atoms with van der Waals surface area (Å²) >= 11 is 2.23. The van der Waals surface area contributed by atoms with Crippen molar-refractivity contribution in [2.45, 2.75) is 12.6 Å². The molecule has 1 atom stereocenters. The maximum absolute atomic E-state index is 8.63. The lowest BCUT2D eigenvalue weighted by Gasteiger charge is -2.43. The molecule has 0 aromatic heterocycles. The summed E-state index contributed by atoms with van der Waals surface area (Å²) in [5.41, 5.74) is -0.0878. The Morgan fingerprint density at radius 2 is 2.18 bits per heavy atom. The average Bonchev–Trinajstić information content (AvgIpc) is 2.55. The molecular formula is C15H21IN4O2. The number of halogens is 1. The van der Waals surface area contributed by atoms with E-state index in [9.17, 15) is 0 Å². The summed E-state index contributed by atoms with van der Waals surface area (Å²) in [5, 5.41) is 14.2. The van der Waals surface area contributed by atoms with Crippen molar-refractivity contribution >= 4 is 40.8 Å². The number of hydrogen-bond acceptors (Lipinski definition) is 5. The van der Waals surface area contributed by atoms with Crippen LogP contribution in [0, 0.1) is 8.98 Å². The van der Waals surface area contributed by atoms with E-state index in [-0.39, 0.29) is 5.84 Å². The first-order valence-electron chi connectivity index (χ1n) is 7.02. The molecule has 0 amide bonds. The monoisotopic (exact) mass is 416 g/mol. The van der Waals surface area contributed by atoms with Gasteiger partial charge in [-0.25, -0.2) is 5.01 Å². The van der Waals surface area contributed by atoms with Gasteiger partial charge in [-0.3, -0.25) is 10.3 Å². The molecule has 120 valence electrons. The standard InChI is InChI=1S/C15H21IN4O2/c1-15(21-3,19-7-9-22-10-8-19)14(17)20(18-2)13-6-4-5-12(16)11-13/h4-6,11,17H,2,7-10H2,1,3H3. The van der Waals surface area contributed by atoms with Gasteiger partial charge >= 0.3 is 0 Å². The van der Waals surface area contributed by atoms with Gasteiger partial charge in [-0.15, -0.1) is 0 Å². The maximum atomic E-state index is 8.63. The Morgan fingerprint density at radius 1 is 1.50 bits per heavy atom. The van der Waals surface area contributed by atoms with Gasteiger partial charge in [0.2, 0.25) is 0 Å². The number of anilines is 1. The highest BCUT2D eigenvalue weighted by atomic mass is 127. The fourth-order valence-corrected chi connectivity index (χ4v) is 2.98. The van der Waals surface area contributed by atoms with E-state index < -0.39 is 5.72 Å². The first-order valence-corrected chi connectivity index (χ1v) is 8.10. The second-order valence-corrected chi connectivity index (χ2v) is 6.31. The number of morpholine rings is 1.